The molecule has 3 rings (SSSR count). The zero-order valence-electron chi connectivity index (χ0n) is 11.6. The van der Waals surface area contributed by atoms with E-state index in [2.05, 4.69) is 4.98 Å². The van der Waals surface area contributed by atoms with Gasteiger partial charge in [0.15, 0.2) is 0 Å². The van der Waals surface area contributed by atoms with E-state index in [0.717, 1.165) is 11.0 Å². The van der Waals surface area contributed by atoms with Crippen LogP contribution >= 0.6 is 0 Å². The van der Waals surface area contributed by atoms with Crippen molar-refractivity contribution in [2.24, 2.45) is 0 Å². The van der Waals surface area contributed by atoms with Crippen LogP contribution in [0.15, 0.2) is 30.6 Å². The van der Waals surface area contributed by atoms with Crippen LogP contribution in [0.3, 0.4) is 0 Å². The van der Waals surface area contributed by atoms with E-state index >= 15 is 0 Å². The van der Waals surface area contributed by atoms with Crippen molar-refractivity contribution in [1.82, 2.24) is 14.5 Å². The van der Waals surface area contributed by atoms with Gasteiger partial charge in [0, 0.05) is 13.1 Å². The van der Waals surface area contributed by atoms with Crippen molar-refractivity contribution < 1.29 is 9.90 Å². The Hall–Kier alpha value is -1.88. The van der Waals surface area contributed by atoms with E-state index in [0.29, 0.717) is 25.9 Å². The number of carbonyl (C=O) groups is 1. The van der Waals surface area contributed by atoms with Crippen LogP contribution in [-0.4, -0.2) is 44.7 Å². The first kappa shape index (κ1) is 13.1. The van der Waals surface area contributed by atoms with Crippen LogP contribution in [0.25, 0.3) is 11.0 Å². The predicted molar refractivity (Wildman–Crippen MR) is 76.3 cm³/mol. The molecule has 0 aliphatic carbocycles. The number of nitrogens with zero attached hydrogens (tertiary/aromatic N) is 3. The third-order valence-corrected chi connectivity index (χ3v) is 4.03. The molecule has 1 aromatic heterocycles. The molecule has 1 fully saturated rings. The van der Waals surface area contributed by atoms with Gasteiger partial charge in [-0.25, -0.2) is 4.98 Å². The van der Waals surface area contributed by atoms with Crippen molar-refractivity contribution in [1.29, 1.82) is 0 Å². The molecule has 2 heterocycles. The molecule has 0 radical (unpaired) electrons. The summed E-state index contributed by atoms with van der Waals surface area (Å²) in [5, 5.41) is 9.52. The van der Waals surface area contributed by atoms with Crippen LogP contribution < -0.4 is 0 Å². The van der Waals surface area contributed by atoms with Gasteiger partial charge in [0.2, 0.25) is 5.91 Å². The van der Waals surface area contributed by atoms with E-state index in [4.69, 9.17) is 0 Å². The van der Waals surface area contributed by atoms with Crippen LogP contribution in [0.1, 0.15) is 25.8 Å². The minimum Gasteiger partial charge on any atom is -0.393 e. The number of aliphatic hydroxyl groups is 1. The molecule has 0 saturated carbocycles. The Bertz CT molecular complexity index is 614. The lowest BCUT2D eigenvalue weighted by Gasteiger charge is -2.32. The molecule has 5 nitrogen and oxygen atoms in total. The highest BCUT2D eigenvalue weighted by Gasteiger charge is 2.26. The third kappa shape index (κ3) is 2.29. The van der Waals surface area contributed by atoms with E-state index in [1.807, 2.05) is 40.7 Å². The molecule has 1 atom stereocenters. The number of piperidine rings is 1. The lowest BCUT2D eigenvalue weighted by molar-refractivity contribution is -0.136. The molecule has 0 bridgehead atoms. The summed E-state index contributed by atoms with van der Waals surface area (Å²) in [7, 11) is 0. The second-order valence-corrected chi connectivity index (χ2v) is 5.37. The fourth-order valence-corrected chi connectivity index (χ4v) is 2.76. The van der Waals surface area contributed by atoms with Gasteiger partial charge in [0.25, 0.3) is 0 Å². The third-order valence-electron chi connectivity index (χ3n) is 4.03. The van der Waals surface area contributed by atoms with Gasteiger partial charge in [-0.1, -0.05) is 12.1 Å². The topological polar surface area (TPSA) is 58.4 Å². The molecule has 1 N–H and O–H groups in total. The van der Waals surface area contributed by atoms with E-state index < -0.39 is 0 Å². The largest absolute Gasteiger partial charge is 0.393 e. The Morgan fingerprint density at radius 1 is 1.35 bits per heavy atom. The number of rotatable bonds is 2. The van der Waals surface area contributed by atoms with Crippen LogP contribution in [0.5, 0.6) is 0 Å². The summed E-state index contributed by atoms with van der Waals surface area (Å²) in [6.07, 6.45) is 2.81. The molecule has 1 aromatic carbocycles. The minimum atomic E-state index is -0.266. The van der Waals surface area contributed by atoms with Gasteiger partial charge in [-0.05, 0) is 31.9 Å². The Balaban J connectivity index is 1.81. The quantitative estimate of drug-likeness (QED) is 0.903. The number of fused-ring (bicyclic) bond motifs is 1. The number of amides is 1. The lowest BCUT2D eigenvalue weighted by atomic mass is 10.1. The number of hydrogen-bond acceptors (Lipinski definition) is 3. The number of benzene rings is 1. The maximum atomic E-state index is 12.5. The van der Waals surface area contributed by atoms with Gasteiger partial charge < -0.3 is 14.6 Å². The highest BCUT2D eigenvalue weighted by molar-refractivity contribution is 5.83. The molecule has 1 aliphatic rings. The summed E-state index contributed by atoms with van der Waals surface area (Å²) in [4.78, 5) is 18.7. The molecule has 1 unspecified atom stereocenters. The van der Waals surface area contributed by atoms with Crippen molar-refractivity contribution in [3.05, 3.63) is 30.6 Å². The number of likely N-dealkylation sites (tertiary alicyclic amines) is 1. The maximum Gasteiger partial charge on any atom is 0.245 e. The maximum absolute atomic E-state index is 12.5. The lowest BCUT2D eigenvalue weighted by Crippen LogP contribution is -2.42. The number of aliphatic hydroxyl groups excluding tert-OH is 1. The molecule has 106 valence electrons. The average molecular weight is 273 g/mol. The first-order valence-electron chi connectivity index (χ1n) is 7.05. The summed E-state index contributed by atoms with van der Waals surface area (Å²) in [6.45, 7) is 3.18. The summed E-state index contributed by atoms with van der Waals surface area (Å²) < 4.78 is 1.92. The number of imidazole rings is 1. The summed E-state index contributed by atoms with van der Waals surface area (Å²) >= 11 is 0. The van der Waals surface area contributed by atoms with Crippen LogP contribution in [-0.2, 0) is 4.79 Å². The molecular weight excluding hydrogens is 254 g/mol. The molecule has 1 saturated heterocycles. The number of aromatic nitrogens is 2. The standard InChI is InChI=1S/C15H19N3O2/c1-11(15(20)17-8-6-12(19)7-9-17)18-10-16-13-4-2-3-5-14(13)18/h2-5,10-12,19H,6-9H2,1H3. The van der Waals surface area contributed by atoms with Gasteiger partial charge in [-0.15, -0.1) is 0 Å². The smallest absolute Gasteiger partial charge is 0.245 e. The summed E-state index contributed by atoms with van der Waals surface area (Å²) in [5.41, 5.74) is 1.88. The molecule has 1 amide bonds. The van der Waals surface area contributed by atoms with E-state index in [1.54, 1.807) is 6.33 Å². The highest BCUT2D eigenvalue weighted by Crippen LogP contribution is 2.20. The number of para-hydroxylation sites is 2. The first-order valence-corrected chi connectivity index (χ1v) is 7.05. The van der Waals surface area contributed by atoms with Crippen LogP contribution in [0, 0.1) is 0 Å². The van der Waals surface area contributed by atoms with Crippen molar-refractivity contribution >= 4 is 16.9 Å². The van der Waals surface area contributed by atoms with E-state index in [9.17, 15) is 9.90 Å². The van der Waals surface area contributed by atoms with Crippen LogP contribution in [0.4, 0.5) is 0 Å². The average Bonchev–Trinajstić information content (AvgIpc) is 2.90. The molecule has 20 heavy (non-hydrogen) atoms. The van der Waals surface area contributed by atoms with Gasteiger partial charge in [-0.2, -0.15) is 0 Å². The van der Waals surface area contributed by atoms with Crippen molar-refractivity contribution in [3.8, 4) is 0 Å². The van der Waals surface area contributed by atoms with Crippen molar-refractivity contribution in [3.63, 3.8) is 0 Å². The Morgan fingerprint density at radius 2 is 2.05 bits per heavy atom. The van der Waals surface area contributed by atoms with E-state index in [-0.39, 0.29) is 18.1 Å². The predicted octanol–water partition coefficient (Wildman–Crippen LogP) is 1.58. The summed E-state index contributed by atoms with van der Waals surface area (Å²) in [5.74, 6) is 0.0973. The molecule has 1 aliphatic heterocycles. The van der Waals surface area contributed by atoms with Gasteiger partial charge in [0.1, 0.15) is 6.04 Å². The Kier molecular flexibility index (Phi) is 3.44. The summed E-state index contributed by atoms with van der Waals surface area (Å²) in [6, 6.07) is 7.55. The highest BCUT2D eigenvalue weighted by atomic mass is 16.3. The van der Waals surface area contributed by atoms with Gasteiger partial charge >= 0.3 is 0 Å². The Morgan fingerprint density at radius 3 is 2.80 bits per heavy atom. The second-order valence-electron chi connectivity index (χ2n) is 5.37. The minimum absolute atomic E-state index is 0.0973. The van der Waals surface area contributed by atoms with Crippen LogP contribution in [0.2, 0.25) is 0 Å². The zero-order valence-corrected chi connectivity index (χ0v) is 11.6. The zero-order chi connectivity index (χ0) is 14.1. The Labute approximate surface area is 117 Å². The van der Waals surface area contributed by atoms with Crippen molar-refractivity contribution in [2.45, 2.75) is 31.9 Å². The molecular formula is C15H19N3O2. The normalized spacial score (nSPS) is 18.4. The molecule has 5 heteroatoms. The fourth-order valence-electron chi connectivity index (χ4n) is 2.76. The monoisotopic (exact) mass is 273 g/mol. The molecule has 2 aromatic rings. The molecule has 0 spiro atoms. The van der Waals surface area contributed by atoms with Gasteiger partial charge in [-0.3, -0.25) is 4.79 Å². The number of hydrogen-bond donors (Lipinski definition) is 1. The van der Waals surface area contributed by atoms with Gasteiger partial charge in [0.05, 0.1) is 23.5 Å². The van der Waals surface area contributed by atoms with Crippen molar-refractivity contribution in [2.75, 3.05) is 13.1 Å². The van der Waals surface area contributed by atoms with E-state index in [1.165, 1.54) is 0 Å². The first-order chi connectivity index (χ1) is 9.66. The second kappa shape index (κ2) is 5.25. The SMILES string of the molecule is CC(C(=O)N1CCC(O)CC1)n1cnc2ccccc21. The number of carbonyl (C=O) groups excluding carboxylic acids is 1. The fraction of sp³-hybridized carbons (Fsp3) is 0.467.